The first-order valence-corrected chi connectivity index (χ1v) is 12.1. The van der Waals surface area contributed by atoms with Gasteiger partial charge >= 0.3 is 0 Å². The second-order valence-electron chi connectivity index (χ2n) is 11.3. The van der Waals surface area contributed by atoms with Crippen molar-refractivity contribution >= 4 is 0 Å². The van der Waals surface area contributed by atoms with Crippen molar-refractivity contribution in [1.82, 2.24) is 0 Å². The molecule has 0 bridgehead atoms. The van der Waals surface area contributed by atoms with Gasteiger partial charge in [0.1, 0.15) is 6.17 Å². The Hall–Kier alpha value is -0.930. The summed E-state index contributed by atoms with van der Waals surface area (Å²) in [7, 11) is 0. The van der Waals surface area contributed by atoms with Crippen molar-refractivity contribution in [2.24, 2.45) is 23.2 Å². The van der Waals surface area contributed by atoms with Crippen LogP contribution < -0.4 is 0 Å². The number of hydrogen-bond acceptors (Lipinski definition) is 2. The fourth-order valence-electron chi connectivity index (χ4n) is 6.71. The van der Waals surface area contributed by atoms with Crippen molar-refractivity contribution in [3.05, 3.63) is 35.5 Å². The lowest BCUT2D eigenvalue weighted by Gasteiger charge is -2.44. The van der Waals surface area contributed by atoms with Crippen molar-refractivity contribution in [1.29, 1.82) is 0 Å². The second-order valence-corrected chi connectivity index (χ2v) is 11.3. The summed E-state index contributed by atoms with van der Waals surface area (Å²) in [5.41, 5.74) is 2.75. The van der Waals surface area contributed by atoms with Crippen LogP contribution in [0.15, 0.2) is 35.5 Å². The van der Waals surface area contributed by atoms with Crippen LogP contribution in [0.3, 0.4) is 0 Å². The third-order valence-electron chi connectivity index (χ3n) is 8.40. The molecule has 0 spiro atoms. The average Bonchev–Trinajstić information content (AvgIpc) is 3.00. The molecule has 3 aliphatic carbocycles. The van der Waals surface area contributed by atoms with Crippen LogP contribution in [0.4, 0.5) is 4.39 Å². The highest BCUT2D eigenvalue weighted by molar-refractivity contribution is 5.38. The molecule has 6 atom stereocenters. The number of halogens is 1. The summed E-state index contributed by atoms with van der Waals surface area (Å²) in [5, 5.41) is 20.0. The van der Waals surface area contributed by atoms with Gasteiger partial charge in [-0.1, -0.05) is 51.0 Å². The van der Waals surface area contributed by atoms with Crippen molar-refractivity contribution < 1.29 is 14.6 Å². The van der Waals surface area contributed by atoms with E-state index in [9.17, 15) is 14.6 Å². The van der Waals surface area contributed by atoms with Gasteiger partial charge in [-0.2, -0.15) is 0 Å². The smallest absolute Gasteiger partial charge is 0.127 e. The molecule has 0 aliphatic heterocycles. The van der Waals surface area contributed by atoms with E-state index in [1.54, 1.807) is 0 Å². The Morgan fingerprint density at radius 1 is 1.30 bits per heavy atom. The lowest BCUT2D eigenvalue weighted by molar-refractivity contribution is 0.0596. The van der Waals surface area contributed by atoms with Crippen LogP contribution in [0.1, 0.15) is 91.9 Å². The van der Waals surface area contributed by atoms with Crippen LogP contribution in [0.5, 0.6) is 0 Å². The SMILES string of the molecule is C=C1/C(=C\C=C2CCC[C@@]3(C)C2CC[C@@H]3[C@H](C)CCCC(C)(C)O)C[C@@H](O)C[C@H]1F. The number of fused-ring (bicyclic) bond motifs is 1. The van der Waals surface area contributed by atoms with E-state index in [1.807, 2.05) is 13.8 Å². The summed E-state index contributed by atoms with van der Waals surface area (Å²) in [6, 6.07) is 0. The number of allylic oxidation sites excluding steroid dienone is 4. The molecule has 3 fully saturated rings. The quantitative estimate of drug-likeness (QED) is 0.505. The number of rotatable bonds is 6. The zero-order valence-corrected chi connectivity index (χ0v) is 19.6. The third kappa shape index (κ3) is 5.27. The lowest BCUT2D eigenvalue weighted by Crippen LogP contribution is -2.36. The molecule has 30 heavy (non-hydrogen) atoms. The van der Waals surface area contributed by atoms with E-state index in [0.29, 0.717) is 29.2 Å². The van der Waals surface area contributed by atoms with Gasteiger partial charge in [0.2, 0.25) is 0 Å². The molecule has 170 valence electrons. The molecular weight excluding hydrogens is 375 g/mol. The topological polar surface area (TPSA) is 40.5 Å². The largest absolute Gasteiger partial charge is 0.393 e. The van der Waals surface area contributed by atoms with E-state index in [-0.39, 0.29) is 6.42 Å². The van der Waals surface area contributed by atoms with Gasteiger partial charge < -0.3 is 10.2 Å². The van der Waals surface area contributed by atoms with Gasteiger partial charge in [0.15, 0.2) is 0 Å². The first-order chi connectivity index (χ1) is 14.0. The van der Waals surface area contributed by atoms with E-state index in [1.165, 1.54) is 37.7 Å². The minimum absolute atomic E-state index is 0.181. The van der Waals surface area contributed by atoms with Crippen LogP contribution in [0.2, 0.25) is 0 Å². The highest BCUT2D eigenvalue weighted by Gasteiger charge is 2.50. The fourth-order valence-corrected chi connectivity index (χ4v) is 6.71. The van der Waals surface area contributed by atoms with Gasteiger partial charge in [-0.05, 0) is 93.1 Å². The first kappa shape index (κ1) is 23.7. The molecule has 2 nitrogen and oxygen atoms in total. The van der Waals surface area contributed by atoms with Gasteiger partial charge in [0.25, 0.3) is 0 Å². The van der Waals surface area contributed by atoms with Crippen molar-refractivity contribution in [3.8, 4) is 0 Å². The summed E-state index contributed by atoms with van der Waals surface area (Å²) in [6.45, 7) is 12.7. The molecule has 0 aromatic heterocycles. The maximum Gasteiger partial charge on any atom is 0.127 e. The second kappa shape index (κ2) is 9.28. The molecule has 3 aliphatic rings. The average molecular weight is 419 g/mol. The Bertz CT molecular complexity index is 685. The first-order valence-electron chi connectivity index (χ1n) is 12.1. The maximum absolute atomic E-state index is 14.1. The number of aliphatic hydroxyl groups is 2. The molecule has 0 radical (unpaired) electrons. The Kier molecular flexibility index (Phi) is 7.34. The van der Waals surface area contributed by atoms with Gasteiger partial charge in [0.05, 0.1) is 11.7 Å². The Labute approximate surface area is 183 Å². The Morgan fingerprint density at radius 2 is 2.03 bits per heavy atom. The highest BCUT2D eigenvalue weighted by atomic mass is 19.1. The summed E-state index contributed by atoms with van der Waals surface area (Å²) in [6.07, 6.45) is 12.6. The molecule has 0 saturated heterocycles. The summed E-state index contributed by atoms with van der Waals surface area (Å²) < 4.78 is 14.1. The van der Waals surface area contributed by atoms with E-state index in [2.05, 4.69) is 32.6 Å². The van der Waals surface area contributed by atoms with Gasteiger partial charge in [-0.25, -0.2) is 4.39 Å². The highest BCUT2D eigenvalue weighted by Crippen LogP contribution is 2.60. The minimum Gasteiger partial charge on any atom is -0.393 e. The number of alkyl halides is 1. The van der Waals surface area contributed by atoms with Crippen LogP contribution >= 0.6 is 0 Å². The predicted molar refractivity (Wildman–Crippen MR) is 123 cm³/mol. The zero-order chi connectivity index (χ0) is 22.1. The van der Waals surface area contributed by atoms with Gasteiger partial charge in [-0.3, -0.25) is 0 Å². The van der Waals surface area contributed by atoms with Crippen LogP contribution in [-0.4, -0.2) is 28.1 Å². The van der Waals surface area contributed by atoms with E-state index in [4.69, 9.17) is 0 Å². The Morgan fingerprint density at radius 3 is 2.73 bits per heavy atom. The van der Waals surface area contributed by atoms with Crippen LogP contribution in [0.25, 0.3) is 0 Å². The standard InChI is InChI=1S/C27H43FO2/c1-18(8-6-14-26(3,4)30)23-12-13-24-20(9-7-15-27(23,24)5)10-11-21-16-22(29)17-25(28)19(21)2/h10-11,18,22-25,29-30H,2,6-9,12-17H2,1,3-5H3/b20-10?,21-11-/t18-,22-,23-,24?,25-,27-/m1/s1. The molecular formula is C27H43FO2. The summed E-state index contributed by atoms with van der Waals surface area (Å²) >= 11 is 0. The molecule has 3 saturated carbocycles. The predicted octanol–water partition coefficient (Wildman–Crippen LogP) is 6.68. The molecule has 2 N–H and O–H groups in total. The molecule has 3 rings (SSSR count). The van der Waals surface area contributed by atoms with E-state index < -0.39 is 17.9 Å². The van der Waals surface area contributed by atoms with E-state index in [0.717, 1.165) is 30.8 Å². The normalized spacial score (nSPS) is 38.8. The van der Waals surface area contributed by atoms with Crippen molar-refractivity contribution in [3.63, 3.8) is 0 Å². The molecule has 0 aromatic rings. The molecule has 0 heterocycles. The van der Waals surface area contributed by atoms with E-state index >= 15 is 0 Å². The molecule has 1 unspecified atom stereocenters. The molecule has 0 aromatic carbocycles. The van der Waals surface area contributed by atoms with Gasteiger partial charge in [-0.15, -0.1) is 0 Å². The van der Waals surface area contributed by atoms with Crippen LogP contribution in [-0.2, 0) is 0 Å². The van der Waals surface area contributed by atoms with Crippen molar-refractivity contribution in [2.75, 3.05) is 0 Å². The van der Waals surface area contributed by atoms with Crippen molar-refractivity contribution in [2.45, 2.75) is 110 Å². The van der Waals surface area contributed by atoms with Gasteiger partial charge in [0, 0.05) is 6.42 Å². The zero-order valence-electron chi connectivity index (χ0n) is 19.6. The van der Waals surface area contributed by atoms with Crippen LogP contribution in [0, 0.1) is 23.2 Å². The Balaban J connectivity index is 1.70. The molecule has 0 amide bonds. The third-order valence-corrected chi connectivity index (χ3v) is 8.40. The summed E-state index contributed by atoms with van der Waals surface area (Å²) in [4.78, 5) is 0. The fraction of sp³-hybridized carbons (Fsp3) is 0.778. The maximum atomic E-state index is 14.1. The lowest BCUT2D eigenvalue weighted by atomic mass is 9.60. The number of aliphatic hydroxyl groups excluding tert-OH is 1. The summed E-state index contributed by atoms with van der Waals surface area (Å²) in [5.74, 6) is 2.04. The number of hydrogen-bond donors (Lipinski definition) is 2. The molecule has 3 heteroatoms. The minimum atomic E-state index is -1.12. The monoisotopic (exact) mass is 418 g/mol.